The molecule has 2 heterocycles. The second kappa shape index (κ2) is 12.6. The third kappa shape index (κ3) is 4.38. The van der Waals surface area contributed by atoms with Crippen LogP contribution in [0, 0.1) is 11.3 Å². The van der Waals surface area contributed by atoms with E-state index >= 15 is 0 Å². The third-order valence-electron chi connectivity index (χ3n) is 14.2. The first-order chi connectivity index (χ1) is 30.5. The normalized spacial score (nSPS) is 14.2. The van der Waals surface area contributed by atoms with E-state index in [-0.39, 0.29) is 5.41 Å². The molecule has 0 radical (unpaired) electrons. The molecule has 2 aliphatic carbocycles. The van der Waals surface area contributed by atoms with Crippen molar-refractivity contribution in [2.24, 2.45) is 0 Å². The summed E-state index contributed by atoms with van der Waals surface area (Å²) in [4.78, 5) is 2.49. The molecular weight excluding hydrogens is 751 g/mol. The maximum atomic E-state index is 10.3. The van der Waals surface area contributed by atoms with Crippen LogP contribution in [-0.2, 0) is 10.8 Å². The molecule has 290 valence electrons. The zero-order valence-electron chi connectivity index (χ0n) is 34.4. The highest BCUT2D eigenvalue weighted by molar-refractivity contribution is 6.20. The summed E-state index contributed by atoms with van der Waals surface area (Å²) in [7, 11) is 0. The molecule has 0 saturated carbocycles. The fraction of sp³-hybridized carbons (Fsp3) is 0.0678. The minimum Gasteiger partial charge on any atom is -0.310 e. The van der Waals surface area contributed by atoms with Crippen molar-refractivity contribution in [3.8, 4) is 45.1 Å². The SMILES string of the molecule is CC1(C)c2ccccc2-c2ccc(N(c3ccccc3)c3ccc4c5c3-c3ccccc3-n3c6cc(C#N)ccc6c6ccc(c-5c63)C4(c3ccccc3)c3ccccc3)cc21. The first-order valence-electron chi connectivity index (χ1n) is 21.5. The Morgan fingerprint density at radius 3 is 1.82 bits per heavy atom. The zero-order valence-corrected chi connectivity index (χ0v) is 34.4. The molecule has 13 rings (SSSR count). The summed E-state index contributed by atoms with van der Waals surface area (Å²) >= 11 is 0. The Morgan fingerprint density at radius 1 is 0.468 bits per heavy atom. The lowest BCUT2D eigenvalue weighted by molar-refractivity contribution is 0.660. The van der Waals surface area contributed by atoms with Crippen molar-refractivity contribution < 1.29 is 0 Å². The Labute approximate surface area is 361 Å². The molecule has 0 spiro atoms. The standard InChI is InChI=1S/C59H39N3/c1-58(2)47-24-14-12-22-42(47)43-29-27-41(35-50(43)58)61(40-20-10-5-11-21-40)52-33-32-48-55-54(52)46-23-13-15-25-51(46)62-53-34-37(36-60)26-28-44(53)45-30-31-49(56(55)57(45)62)59(48,38-16-6-3-7-17-38)39-18-8-4-9-19-39/h3-35H,1-2H3. The van der Waals surface area contributed by atoms with Gasteiger partial charge in [0.05, 0.1) is 39.5 Å². The minimum absolute atomic E-state index is 0.164. The summed E-state index contributed by atoms with van der Waals surface area (Å²) in [5, 5.41) is 12.6. The molecule has 0 N–H and O–H groups in total. The van der Waals surface area contributed by atoms with Gasteiger partial charge in [-0.3, -0.25) is 0 Å². The number of hydrogen-bond acceptors (Lipinski definition) is 2. The predicted molar refractivity (Wildman–Crippen MR) is 254 cm³/mol. The van der Waals surface area contributed by atoms with Crippen LogP contribution in [0.3, 0.4) is 0 Å². The Hall–Kier alpha value is -7.93. The van der Waals surface area contributed by atoms with Crippen LogP contribution in [0.5, 0.6) is 0 Å². The van der Waals surface area contributed by atoms with Crippen LogP contribution in [0.25, 0.3) is 60.9 Å². The van der Waals surface area contributed by atoms with Gasteiger partial charge in [-0.15, -0.1) is 0 Å². The largest absolute Gasteiger partial charge is 0.310 e. The van der Waals surface area contributed by atoms with Gasteiger partial charge >= 0.3 is 0 Å². The number of anilines is 3. The quantitative estimate of drug-likeness (QED) is 0.174. The van der Waals surface area contributed by atoms with Crippen LogP contribution >= 0.6 is 0 Å². The van der Waals surface area contributed by atoms with Gasteiger partial charge in [0.15, 0.2) is 0 Å². The molecule has 1 aliphatic heterocycles. The van der Waals surface area contributed by atoms with Crippen LogP contribution in [-0.4, -0.2) is 4.57 Å². The molecule has 1 aromatic heterocycles. The van der Waals surface area contributed by atoms with Crippen molar-refractivity contribution in [1.29, 1.82) is 5.26 Å². The van der Waals surface area contributed by atoms with Gasteiger partial charge in [0.1, 0.15) is 0 Å². The van der Waals surface area contributed by atoms with Crippen molar-refractivity contribution >= 4 is 38.9 Å². The van der Waals surface area contributed by atoms with E-state index in [0.29, 0.717) is 5.56 Å². The Morgan fingerprint density at radius 2 is 1.08 bits per heavy atom. The van der Waals surface area contributed by atoms with Gasteiger partial charge in [0.25, 0.3) is 0 Å². The highest BCUT2D eigenvalue weighted by atomic mass is 15.1. The van der Waals surface area contributed by atoms with E-state index in [2.05, 4.69) is 224 Å². The number of aromatic nitrogens is 1. The lowest BCUT2D eigenvalue weighted by Gasteiger charge is -2.35. The van der Waals surface area contributed by atoms with Crippen molar-refractivity contribution in [2.45, 2.75) is 24.7 Å². The van der Waals surface area contributed by atoms with Crippen LogP contribution in [0.1, 0.15) is 52.8 Å². The van der Waals surface area contributed by atoms with Crippen molar-refractivity contribution in [2.75, 3.05) is 4.90 Å². The maximum Gasteiger partial charge on any atom is 0.0992 e. The van der Waals surface area contributed by atoms with Crippen molar-refractivity contribution in [3.63, 3.8) is 0 Å². The first-order valence-corrected chi connectivity index (χ1v) is 21.5. The van der Waals surface area contributed by atoms with E-state index in [1.807, 2.05) is 6.07 Å². The summed E-state index contributed by atoms with van der Waals surface area (Å²) in [6.45, 7) is 4.72. The fourth-order valence-corrected chi connectivity index (χ4v) is 11.6. The second-order valence-electron chi connectivity index (χ2n) is 17.5. The van der Waals surface area contributed by atoms with Crippen molar-refractivity contribution in [1.82, 2.24) is 4.57 Å². The summed E-state index contributed by atoms with van der Waals surface area (Å²) in [5.74, 6) is 0. The van der Waals surface area contributed by atoms with Gasteiger partial charge in [-0.2, -0.15) is 5.26 Å². The van der Waals surface area contributed by atoms with Crippen LogP contribution in [0.15, 0.2) is 200 Å². The number of fused-ring (bicyclic) bond motifs is 9. The van der Waals surface area contributed by atoms with Gasteiger partial charge in [-0.05, 0) is 98.6 Å². The van der Waals surface area contributed by atoms with Gasteiger partial charge in [0.2, 0.25) is 0 Å². The number of nitriles is 1. The van der Waals surface area contributed by atoms with E-state index in [4.69, 9.17) is 0 Å². The second-order valence-corrected chi connectivity index (χ2v) is 17.5. The lowest BCUT2D eigenvalue weighted by atomic mass is 9.67. The molecule has 0 saturated heterocycles. The number of benzene rings is 9. The summed E-state index contributed by atoms with van der Waals surface area (Å²) in [6, 6.07) is 76.1. The van der Waals surface area contributed by atoms with Crippen LogP contribution in [0.2, 0.25) is 0 Å². The average Bonchev–Trinajstić information content (AvgIpc) is 3.86. The van der Waals surface area contributed by atoms with Crippen LogP contribution < -0.4 is 4.90 Å². The minimum atomic E-state index is -0.610. The Bertz CT molecular complexity index is 3510. The average molecular weight is 790 g/mol. The molecule has 10 aromatic rings. The van der Waals surface area contributed by atoms with Crippen LogP contribution in [0.4, 0.5) is 17.1 Å². The van der Waals surface area contributed by atoms with E-state index in [9.17, 15) is 5.26 Å². The molecule has 3 heteroatoms. The monoisotopic (exact) mass is 789 g/mol. The Balaban J connectivity index is 1.21. The van der Waals surface area contributed by atoms with Gasteiger partial charge in [-0.1, -0.05) is 166 Å². The summed E-state index contributed by atoms with van der Waals surface area (Å²) in [5.41, 5.74) is 21.6. The van der Waals surface area contributed by atoms with Gasteiger partial charge < -0.3 is 9.47 Å². The highest BCUT2D eigenvalue weighted by Gasteiger charge is 2.50. The predicted octanol–water partition coefficient (Wildman–Crippen LogP) is 14.8. The van der Waals surface area contributed by atoms with Gasteiger partial charge in [0, 0.05) is 44.3 Å². The van der Waals surface area contributed by atoms with E-state index in [1.54, 1.807) is 0 Å². The molecule has 0 bridgehead atoms. The third-order valence-corrected chi connectivity index (χ3v) is 14.2. The smallest absolute Gasteiger partial charge is 0.0992 e. The number of rotatable bonds is 5. The molecule has 62 heavy (non-hydrogen) atoms. The molecule has 3 aliphatic rings. The fourth-order valence-electron chi connectivity index (χ4n) is 11.6. The van der Waals surface area contributed by atoms with E-state index in [1.165, 1.54) is 72.1 Å². The topological polar surface area (TPSA) is 32.0 Å². The van der Waals surface area contributed by atoms with E-state index in [0.717, 1.165) is 39.2 Å². The first kappa shape index (κ1) is 34.9. The van der Waals surface area contributed by atoms with Crippen molar-refractivity contribution in [3.05, 3.63) is 239 Å². The number of hydrogen-bond donors (Lipinski definition) is 0. The van der Waals surface area contributed by atoms with E-state index < -0.39 is 5.41 Å². The highest BCUT2D eigenvalue weighted by Crippen LogP contribution is 2.64. The molecule has 0 atom stereocenters. The number of nitrogens with zero attached hydrogens (tertiary/aromatic N) is 3. The summed E-state index contributed by atoms with van der Waals surface area (Å²) < 4.78 is 2.46. The molecule has 0 unspecified atom stereocenters. The number of para-hydroxylation sites is 2. The summed E-state index contributed by atoms with van der Waals surface area (Å²) in [6.07, 6.45) is 0. The maximum absolute atomic E-state index is 10.3. The molecule has 9 aromatic carbocycles. The Kier molecular flexibility index (Phi) is 7.06. The molecule has 3 nitrogen and oxygen atoms in total. The zero-order chi connectivity index (χ0) is 41.3. The molecular formula is C59H39N3. The molecule has 0 amide bonds. The lowest BCUT2D eigenvalue weighted by Crippen LogP contribution is -2.28. The molecule has 0 fully saturated rings. The van der Waals surface area contributed by atoms with Gasteiger partial charge in [-0.25, -0.2) is 0 Å².